The van der Waals surface area contributed by atoms with Crippen molar-refractivity contribution in [3.8, 4) is 23.0 Å². The Bertz CT molecular complexity index is 722. The number of methoxy groups -OCH3 is 1. The van der Waals surface area contributed by atoms with Crippen molar-refractivity contribution in [2.75, 3.05) is 7.11 Å². The Hall–Kier alpha value is -2.73. The molecule has 0 unspecified atom stereocenters. The monoisotopic (exact) mass is 302 g/mol. The summed E-state index contributed by atoms with van der Waals surface area (Å²) in [5.74, 6) is -0.378. The average Bonchev–Trinajstić information content (AvgIpc) is 2.51. The van der Waals surface area contributed by atoms with E-state index in [-0.39, 0.29) is 22.8 Å². The number of carbonyl (C=O) groups is 1. The molecule has 22 heavy (non-hydrogen) atoms. The largest absolute Gasteiger partial charge is 0.508 e. The van der Waals surface area contributed by atoms with E-state index in [1.807, 2.05) is 0 Å². The third-order valence-electron chi connectivity index (χ3n) is 3.57. The van der Waals surface area contributed by atoms with Gasteiger partial charge in [-0.3, -0.25) is 4.79 Å². The molecule has 2 aromatic rings. The predicted molar refractivity (Wildman–Crippen MR) is 76.5 cm³/mol. The van der Waals surface area contributed by atoms with E-state index in [9.17, 15) is 20.1 Å². The van der Waals surface area contributed by atoms with Crippen LogP contribution in [0.5, 0.6) is 23.0 Å². The molecule has 0 aromatic heterocycles. The number of carbonyl (C=O) groups excluding carboxylic acids is 1. The number of hydrogen-bond acceptors (Lipinski definition) is 6. The molecule has 1 aliphatic heterocycles. The van der Waals surface area contributed by atoms with Crippen LogP contribution in [-0.4, -0.2) is 34.3 Å². The van der Waals surface area contributed by atoms with Gasteiger partial charge in [-0.15, -0.1) is 0 Å². The molecule has 2 atom stereocenters. The van der Waals surface area contributed by atoms with Crippen molar-refractivity contribution in [1.82, 2.24) is 0 Å². The molecule has 0 saturated carbocycles. The zero-order valence-corrected chi connectivity index (χ0v) is 11.7. The molecule has 3 N–H and O–H groups in total. The van der Waals surface area contributed by atoms with Crippen molar-refractivity contribution in [2.24, 2.45) is 0 Å². The molecule has 1 aliphatic rings. The third-order valence-corrected chi connectivity index (χ3v) is 3.57. The number of benzene rings is 2. The summed E-state index contributed by atoms with van der Waals surface area (Å²) in [6.45, 7) is 0. The van der Waals surface area contributed by atoms with Crippen molar-refractivity contribution >= 4 is 5.78 Å². The first kappa shape index (κ1) is 14.2. The quantitative estimate of drug-likeness (QED) is 0.782. The number of ether oxygens (including phenoxy) is 2. The minimum atomic E-state index is -1.45. The van der Waals surface area contributed by atoms with Gasteiger partial charge in [-0.1, -0.05) is 12.1 Å². The molecule has 0 aliphatic carbocycles. The Morgan fingerprint density at radius 2 is 1.82 bits per heavy atom. The van der Waals surface area contributed by atoms with Crippen molar-refractivity contribution in [3.05, 3.63) is 47.5 Å². The zero-order valence-electron chi connectivity index (χ0n) is 11.7. The summed E-state index contributed by atoms with van der Waals surface area (Å²) in [6, 6.07) is 8.76. The normalized spacial score (nSPS) is 20.2. The van der Waals surface area contributed by atoms with Crippen LogP contribution in [0.25, 0.3) is 0 Å². The number of phenolic OH excluding ortho intramolecular Hbond substituents is 2. The van der Waals surface area contributed by atoms with Crippen LogP contribution in [0.1, 0.15) is 22.0 Å². The van der Waals surface area contributed by atoms with Gasteiger partial charge in [0.1, 0.15) is 28.6 Å². The number of ketones is 1. The molecule has 0 spiro atoms. The number of aromatic hydroxyl groups is 2. The molecule has 114 valence electrons. The Labute approximate surface area is 126 Å². The van der Waals surface area contributed by atoms with Gasteiger partial charge in [-0.05, 0) is 17.7 Å². The number of hydrogen-bond donors (Lipinski definition) is 3. The highest BCUT2D eigenvalue weighted by atomic mass is 16.5. The molecular formula is C16H14O6. The summed E-state index contributed by atoms with van der Waals surface area (Å²) in [5.41, 5.74) is 0.468. The number of fused-ring (bicyclic) bond motifs is 1. The Kier molecular flexibility index (Phi) is 3.38. The predicted octanol–water partition coefficient (Wildman–Crippen LogP) is 1.78. The van der Waals surface area contributed by atoms with Crippen LogP contribution in [0.15, 0.2) is 36.4 Å². The van der Waals surface area contributed by atoms with E-state index in [1.54, 1.807) is 12.1 Å². The summed E-state index contributed by atoms with van der Waals surface area (Å²) < 4.78 is 10.7. The lowest BCUT2D eigenvalue weighted by atomic mass is 9.93. The number of rotatable bonds is 2. The summed E-state index contributed by atoms with van der Waals surface area (Å²) >= 11 is 0. The van der Waals surface area contributed by atoms with Crippen molar-refractivity contribution in [1.29, 1.82) is 0 Å². The van der Waals surface area contributed by atoms with E-state index < -0.39 is 18.0 Å². The van der Waals surface area contributed by atoms with Gasteiger partial charge in [0, 0.05) is 12.1 Å². The first-order valence-electron chi connectivity index (χ1n) is 6.60. The molecule has 0 saturated heterocycles. The first-order valence-corrected chi connectivity index (χ1v) is 6.60. The topological polar surface area (TPSA) is 96.2 Å². The lowest BCUT2D eigenvalue weighted by Gasteiger charge is -2.30. The van der Waals surface area contributed by atoms with Crippen LogP contribution in [-0.2, 0) is 0 Å². The third kappa shape index (κ3) is 2.23. The molecule has 2 aromatic carbocycles. The van der Waals surface area contributed by atoms with E-state index in [0.717, 1.165) is 0 Å². The van der Waals surface area contributed by atoms with Gasteiger partial charge in [0.15, 0.2) is 12.2 Å². The smallest absolute Gasteiger partial charge is 0.202 e. The van der Waals surface area contributed by atoms with Crippen molar-refractivity contribution in [3.63, 3.8) is 0 Å². The van der Waals surface area contributed by atoms with Gasteiger partial charge < -0.3 is 24.8 Å². The van der Waals surface area contributed by atoms with Gasteiger partial charge in [-0.25, -0.2) is 0 Å². The summed E-state index contributed by atoms with van der Waals surface area (Å²) in [6.07, 6.45) is -2.37. The van der Waals surface area contributed by atoms with E-state index >= 15 is 0 Å². The standard InChI is InChI=1S/C16H14O6/c1-21-10-6-11(18)13-12(7-10)22-16(15(20)14(13)19)8-2-4-9(17)5-3-8/h2-7,15-18,20H,1H3/t15-,16-/m1/s1. The van der Waals surface area contributed by atoms with Crippen LogP contribution in [0, 0.1) is 0 Å². The van der Waals surface area contributed by atoms with E-state index in [1.165, 1.54) is 31.4 Å². The minimum Gasteiger partial charge on any atom is -0.508 e. The number of phenols is 2. The Morgan fingerprint density at radius 3 is 2.45 bits per heavy atom. The lowest BCUT2D eigenvalue weighted by Crippen LogP contribution is -2.36. The van der Waals surface area contributed by atoms with Gasteiger partial charge in [0.05, 0.1) is 7.11 Å². The maximum Gasteiger partial charge on any atom is 0.202 e. The SMILES string of the molecule is COc1cc(O)c2c(c1)O[C@H](c1ccc(O)cc1)[C@H](O)C2=O. The second-order valence-corrected chi connectivity index (χ2v) is 4.96. The Balaban J connectivity index is 2.06. The second-order valence-electron chi connectivity index (χ2n) is 4.96. The maximum atomic E-state index is 12.3. The lowest BCUT2D eigenvalue weighted by molar-refractivity contribution is 0.0210. The fraction of sp³-hybridized carbons (Fsp3) is 0.188. The van der Waals surface area contributed by atoms with E-state index in [4.69, 9.17) is 9.47 Å². The van der Waals surface area contributed by atoms with Crippen molar-refractivity contribution in [2.45, 2.75) is 12.2 Å². The minimum absolute atomic E-state index is 0.0664. The highest BCUT2D eigenvalue weighted by Gasteiger charge is 2.39. The number of aliphatic hydroxyl groups excluding tert-OH is 1. The van der Waals surface area contributed by atoms with Crippen LogP contribution in [0.2, 0.25) is 0 Å². The highest BCUT2D eigenvalue weighted by Crippen LogP contribution is 2.42. The van der Waals surface area contributed by atoms with E-state index in [2.05, 4.69) is 0 Å². The number of aliphatic hydroxyl groups is 1. The van der Waals surface area contributed by atoms with Crippen LogP contribution >= 0.6 is 0 Å². The Morgan fingerprint density at radius 1 is 1.14 bits per heavy atom. The zero-order chi connectivity index (χ0) is 15.9. The van der Waals surface area contributed by atoms with Gasteiger partial charge in [-0.2, -0.15) is 0 Å². The van der Waals surface area contributed by atoms with Crippen molar-refractivity contribution < 1.29 is 29.6 Å². The molecule has 6 nitrogen and oxygen atoms in total. The molecule has 6 heteroatoms. The highest BCUT2D eigenvalue weighted by molar-refractivity contribution is 6.05. The van der Waals surface area contributed by atoms with Gasteiger partial charge in [0.2, 0.25) is 5.78 Å². The maximum absolute atomic E-state index is 12.3. The first-order chi connectivity index (χ1) is 10.5. The molecule has 0 radical (unpaired) electrons. The van der Waals surface area contributed by atoms with Crippen LogP contribution < -0.4 is 9.47 Å². The summed E-state index contributed by atoms with van der Waals surface area (Å²) in [7, 11) is 1.43. The summed E-state index contributed by atoms with van der Waals surface area (Å²) in [5, 5.41) is 29.4. The average molecular weight is 302 g/mol. The second kappa shape index (κ2) is 5.23. The van der Waals surface area contributed by atoms with Crippen LogP contribution in [0.3, 0.4) is 0 Å². The molecule has 0 amide bonds. The van der Waals surface area contributed by atoms with E-state index in [0.29, 0.717) is 11.3 Å². The molecule has 3 rings (SSSR count). The fourth-order valence-corrected chi connectivity index (χ4v) is 2.44. The molecule has 1 heterocycles. The van der Waals surface area contributed by atoms with Gasteiger partial charge >= 0.3 is 0 Å². The molecule has 0 fully saturated rings. The van der Waals surface area contributed by atoms with Gasteiger partial charge in [0.25, 0.3) is 0 Å². The summed E-state index contributed by atoms with van der Waals surface area (Å²) in [4.78, 5) is 12.3. The fourth-order valence-electron chi connectivity index (χ4n) is 2.44. The number of Topliss-reactive ketones (excluding diaryl/α,β-unsaturated/α-hetero) is 1. The van der Waals surface area contributed by atoms with Crippen LogP contribution in [0.4, 0.5) is 0 Å². The molecule has 0 bridgehead atoms. The molecular weight excluding hydrogens is 288 g/mol.